The summed E-state index contributed by atoms with van der Waals surface area (Å²) >= 11 is 0. The van der Waals surface area contributed by atoms with Gasteiger partial charge < -0.3 is 4.74 Å². The molecule has 0 bridgehead atoms. The topological polar surface area (TPSA) is 35.0 Å². The maximum Gasteiger partial charge on any atom is 0.118 e. The van der Waals surface area contributed by atoms with Gasteiger partial charge in [-0.05, 0) is 31.2 Å². The van der Waals surface area contributed by atoms with E-state index in [0.29, 0.717) is 0 Å². The highest BCUT2D eigenvalue weighted by atomic mass is 16.5. The van der Waals surface area contributed by atoms with Crippen molar-refractivity contribution < 1.29 is 4.74 Å². The van der Waals surface area contributed by atoms with Crippen LogP contribution in [0, 0.1) is 6.92 Å². The molecular weight excluding hydrogens is 260 g/mol. The highest BCUT2D eigenvalue weighted by Gasteiger charge is 2.03. The van der Waals surface area contributed by atoms with Crippen LogP contribution in [0.2, 0.25) is 0 Å². The Morgan fingerprint density at radius 2 is 1.19 bits per heavy atom. The van der Waals surface area contributed by atoms with Gasteiger partial charge in [-0.25, -0.2) is 0 Å². The Balaban J connectivity index is 1.87. The molecule has 0 spiro atoms. The Hall–Kier alpha value is -2.68. The van der Waals surface area contributed by atoms with Gasteiger partial charge in [-0.1, -0.05) is 29.8 Å². The van der Waals surface area contributed by atoms with Gasteiger partial charge in [0.2, 0.25) is 0 Å². The second-order valence-electron chi connectivity index (χ2n) is 4.88. The van der Waals surface area contributed by atoms with E-state index < -0.39 is 0 Å². The SMILES string of the molecule is COc1ccc(-c2cnc(-c3ccc(C)cc3)cn2)cc1. The molecule has 3 aromatic rings. The number of hydrogen-bond acceptors (Lipinski definition) is 3. The molecule has 0 saturated heterocycles. The number of methoxy groups -OCH3 is 1. The molecule has 0 unspecified atom stereocenters. The number of benzene rings is 2. The summed E-state index contributed by atoms with van der Waals surface area (Å²) in [5.41, 5.74) is 5.08. The molecule has 1 aromatic heterocycles. The zero-order valence-electron chi connectivity index (χ0n) is 12.1. The third-order valence-electron chi connectivity index (χ3n) is 3.38. The fraction of sp³-hybridized carbons (Fsp3) is 0.111. The summed E-state index contributed by atoms with van der Waals surface area (Å²) in [5, 5.41) is 0. The molecule has 3 nitrogen and oxygen atoms in total. The van der Waals surface area contributed by atoms with Gasteiger partial charge >= 0.3 is 0 Å². The Morgan fingerprint density at radius 1 is 0.714 bits per heavy atom. The number of nitrogens with zero attached hydrogens (tertiary/aromatic N) is 2. The van der Waals surface area contributed by atoms with Gasteiger partial charge in [0.25, 0.3) is 0 Å². The van der Waals surface area contributed by atoms with Crippen molar-refractivity contribution in [3.63, 3.8) is 0 Å². The highest BCUT2D eigenvalue weighted by Crippen LogP contribution is 2.22. The van der Waals surface area contributed by atoms with E-state index in [0.717, 1.165) is 28.3 Å². The summed E-state index contributed by atoms with van der Waals surface area (Å²) in [6, 6.07) is 16.1. The summed E-state index contributed by atoms with van der Waals surface area (Å²) in [6.07, 6.45) is 3.61. The molecule has 0 atom stereocenters. The summed E-state index contributed by atoms with van der Waals surface area (Å²) in [6.45, 7) is 2.07. The molecule has 21 heavy (non-hydrogen) atoms. The van der Waals surface area contributed by atoms with E-state index in [-0.39, 0.29) is 0 Å². The van der Waals surface area contributed by atoms with Crippen molar-refractivity contribution in [2.75, 3.05) is 7.11 Å². The largest absolute Gasteiger partial charge is 0.497 e. The van der Waals surface area contributed by atoms with E-state index in [1.807, 2.05) is 30.5 Å². The van der Waals surface area contributed by atoms with Crippen LogP contribution in [0.15, 0.2) is 60.9 Å². The van der Waals surface area contributed by atoms with Gasteiger partial charge in [-0.3, -0.25) is 9.97 Å². The summed E-state index contributed by atoms with van der Waals surface area (Å²) < 4.78 is 5.16. The van der Waals surface area contributed by atoms with Crippen molar-refractivity contribution in [2.24, 2.45) is 0 Å². The number of aromatic nitrogens is 2. The van der Waals surface area contributed by atoms with Crippen LogP contribution in [-0.2, 0) is 0 Å². The molecule has 0 radical (unpaired) electrons. The smallest absolute Gasteiger partial charge is 0.118 e. The molecule has 0 N–H and O–H groups in total. The van der Waals surface area contributed by atoms with Crippen LogP contribution >= 0.6 is 0 Å². The minimum atomic E-state index is 0.836. The Morgan fingerprint density at radius 3 is 1.62 bits per heavy atom. The van der Waals surface area contributed by atoms with Crippen molar-refractivity contribution in [3.8, 4) is 28.3 Å². The fourth-order valence-corrected chi connectivity index (χ4v) is 2.11. The van der Waals surface area contributed by atoms with Crippen LogP contribution in [0.4, 0.5) is 0 Å². The fourth-order valence-electron chi connectivity index (χ4n) is 2.11. The molecule has 0 fully saturated rings. The van der Waals surface area contributed by atoms with E-state index in [4.69, 9.17) is 4.74 Å². The average molecular weight is 276 g/mol. The third kappa shape index (κ3) is 2.92. The lowest BCUT2D eigenvalue weighted by Gasteiger charge is -2.05. The zero-order chi connectivity index (χ0) is 14.7. The van der Waals surface area contributed by atoms with Gasteiger partial charge in [0, 0.05) is 11.1 Å². The van der Waals surface area contributed by atoms with E-state index in [1.165, 1.54) is 5.56 Å². The van der Waals surface area contributed by atoms with Gasteiger partial charge in [0.1, 0.15) is 5.75 Å². The average Bonchev–Trinajstić information content (AvgIpc) is 2.56. The molecule has 3 heteroatoms. The number of aryl methyl sites for hydroxylation is 1. The molecule has 0 aliphatic rings. The van der Waals surface area contributed by atoms with Crippen LogP contribution in [0.1, 0.15) is 5.56 Å². The minimum Gasteiger partial charge on any atom is -0.497 e. The number of rotatable bonds is 3. The second kappa shape index (κ2) is 5.75. The van der Waals surface area contributed by atoms with E-state index >= 15 is 0 Å². The quantitative estimate of drug-likeness (QED) is 0.721. The first-order valence-electron chi connectivity index (χ1n) is 6.80. The predicted octanol–water partition coefficient (Wildman–Crippen LogP) is 4.13. The minimum absolute atomic E-state index is 0.836. The maximum absolute atomic E-state index is 5.16. The van der Waals surface area contributed by atoms with Crippen molar-refractivity contribution in [1.82, 2.24) is 9.97 Å². The van der Waals surface area contributed by atoms with Crippen molar-refractivity contribution >= 4 is 0 Å². The molecule has 0 aliphatic heterocycles. The zero-order valence-corrected chi connectivity index (χ0v) is 12.1. The first-order chi connectivity index (χ1) is 10.3. The van der Waals surface area contributed by atoms with Crippen molar-refractivity contribution in [3.05, 3.63) is 66.5 Å². The number of ether oxygens (including phenoxy) is 1. The van der Waals surface area contributed by atoms with E-state index in [9.17, 15) is 0 Å². The monoisotopic (exact) mass is 276 g/mol. The Kier molecular flexibility index (Phi) is 3.65. The van der Waals surface area contributed by atoms with E-state index in [2.05, 4.69) is 41.2 Å². The molecule has 2 aromatic carbocycles. The van der Waals surface area contributed by atoms with E-state index in [1.54, 1.807) is 13.3 Å². The standard InChI is InChI=1S/C18H16N2O/c1-13-3-5-14(6-4-13)17-11-20-18(12-19-17)15-7-9-16(21-2)10-8-15/h3-12H,1-2H3. The van der Waals surface area contributed by atoms with Gasteiger partial charge in [-0.2, -0.15) is 0 Å². The molecular formula is C18H16N2O. The molecule has 104 valence electrons. The molecule has 0 aliphatic carbocycles. The van der Waals surface area contributed by atoms with Crippen molar-refractivity contribution in [2.45, 2.75) is 6.92 Å². The van der Waals surface area contributed by atoms with Gasteiger partial charge in [-0.15, -0.1) is 0 Å². The normalized spacial score (nSPS) is 10.4. The van der Waals surface area contributed by atoms with Crippen LogP contribution in [0.5, 0.6) is 5.75 Å². The molecule has 1 heterocycles. The van der Waals surface area contributed by atoms with Crippen LogP contribution in [0.3, 0.4) is 0 Å². The predicted molar refractivity (Wildman–Crippen MR) is 84.2 cm³/mol. The maximum atomic E-state index is 5.16. The summed E-state index contributed by atoms with van der Waals surface area (Å²) in [5.74, 6) is 0.836. The lowest BCUT2D eigenvalue weighted by atomic mass is 10.1. The molecule has 0 saturated carbocycles. The molecule has 3 rings (SSSR count). The van der Waals surface area contributed by atoms with Crippen LogP contribution < -0.4 is 4.74 Å². The second-order valence-corrected chi connectivity index (χ2v) is 4.88. The lowest BCUT2D eigenvalue weighted by Crippen LogP contribution is -1.90. The Labute approximate surface area is 124 Å². The summed E-state index contributed by atoms with van der Waals surface area (Å²) in [7, 11) is 1.66. The first-order valence-corrected chi connectivity index (χ1v) is 6.80. The van der Waals surface area contributed by atoms with Gasteiger partial charge in [0.15, 0.2) is 0 Å². The van der Waals surface area contributed by atoms with Crippen molar-refractivity contribution in [1.29, 1.82) is 0 Å². The lowest BCUT2D eigenvalue weighted by molar-refractivity contribution is 0.415. The van der Waals surface area contributed by atoms with Crippen LogP contribution in [0.25, 0.3) is 22.5 Å². The summed E-state index contributed by atoms with van der Waals surface area (Å²) in [4.78, 5) is 9.00. The molecule has 0 amide bonds. The van der Waals surface area contributed by atoms with Crippen LogP contribution in [-0.4, -0.2) is 17.1 Å². The third-order valence-corrected chi connectivity index (χ3v) is 3.38. The first kappa shape index (κ1) is 13.3. The Bertz CT molecular complexity index is 717. The number of hydrogen-bond donors (Lipinski definition) is 0. The van der Waals surface area contributed by atoms with Gasteiger partial charge in [0.05, 0.1) is 30.9 Å². The highest BCUT2D eigenvalue weighted by molar-refractivity contribution is 5.63.